The zero-order valence-electron chi connectivity index (χ0n) is 15.0. The third-order valence-electron chi connectivity index (χ3n) is 5.20. The van der Waals surface area contributed by atoms with Gasteiger partial charge < -0.3 is 24.2 Å². The van der Waals surface area contributed by atoms with E-state index in [4.69, 9.17) is 5.11 Å². The molecule has 1 saturated heterocycles. The number of nitrogens with zero attached hydrogens (tertiary/aromatic N) is 3. The average Bonchev–Trinajstić information content (AvgIpc) is 3.47. The summed E-state index contributed by atoms with van der Waals surface area (Å²) in [5.74, 6) is -4.66. The molecule has 150 valence electrons. The Bertz CT molecular complexity index is 1030. The van der Waals surface area contributed by atoms with E-state index >= 15 is 4.39 Å². The SMILES string of the molecule is CN1CCN(c2c(F)c(F)c3c(=O)c(OC(=O)O)cn(C4CC4)c3c2F)CC1. The Balaban J connectivity index is 1.99. The van der Waals surface area contributed by atoms with Crippen molar-refractivity contribution in [1.29, 1.82) is 0 Å². The highest BCUT2D eigenvalue weighted by Gasteiger charge is 2.34. The van der Waals surface area contributed by atoms with Crippen LogP contribution in [0, 0.1) is 17.5 Å². The second-order valence-electron chi connectivity index (χ2n) is 7.13. The number of fused-ring (bicyclic) bond motifs is 1. The van der Waals surface area contributed by atoms with Gasteiger partial charge in [-0.15, -0.1) is 0 Å². The summed E-state index contributed by atoms with van der Waals surface area (Å²) < 4.78 is 50.9. The lowest BCUT2D eigenvalue weighted by Gasteiger charge is -2.34. The van der Waals surface area contributed by atoms with Gasteiger partial charge in [-0.3, -0.25) is 4.79 Å². The van der Waals surface area contributed by atoms with Crippen molar-refractivity contribution in [3.8, 4) is 5.75 Å². The maximum atomic E-state index is 15.4. The van der Waals surface area contributed by atoms with Crippen LogP contribution in [0.4, 0.5) is 23.7 Å². The normalized spacial score (nSPS) is 17.9. The van der Waals surface area contributed by atoms with E-state index in [2.05, 4.69) is 4.74 Å². The average molecular weight is 397 g/mol. The van der Waals surface area contributed by atoms with Gasteiger partial charge in [-0.25, -0.2) is 18.0 Å². The van der Waals surface area contributed by atoms with E-state index in [-0.39, 0.29) is 11.6 Å². The number of carbonyl (C=O) groups is 1. The number of benzene rings is 1. The fourth-order valence-electron chi connectivity index (χ4n) is 3.57. The quantitative estimate of drug-likeness (QED) is 0.634. The van der Waals surface area contributed by atoms with Crippen molar-refractivity contribution in [2.24, 2.45) is 0 Å². The third kappa shape index (κ3) is 2.97. The van der Waals surface area contributed by atoms with Gasteiger partial charge >= 0.3 is 6.16 Å². The molecule has 28 heavy (non-hydrogen) atoms. The number of aromatic nitrogens is 1. The molecule has 0 unspecified atom stereocenters. The van der Waals surface area contributed by atoms with Gasteiger partial charge in [0.05, 0.1) is 17.1 Å². The zero-order chi connectivity index (χ0) is 20.2. The summed E-state index contributed by atoms with van der Waals surface area (Å²) in [5.41, 5.74) is -2.06. The van der Waals surface area contributed by atoms with Crippen molar-refractivity contribution in [2.75, 3.05) is 38.1 Å². The Morgan fingerprint density at radius 3 is 2.32 bits per heavy atom. The minimum atomic E-state index is -1.77. The molecule has 2 heterocycles. The van der Waals surface area contributed by atoms with Gasteiger partial charge in [-0.1, -0.05) is 0 Å². The number of pyridine rings is 1. The van der Waals surface area contributed by atoms with E-state index < -0.39 is 45.9 Å². The summed E-state index contributed by atoms with van der Waals surface area (Å²) in [7, 11) is 1.87. The summed E-state index contributed by atoms with van der Waals surface area (Å²) in [6, 6.07) is -0.237. The van der Waals surface area contributed by atoms with Gasteiger partial charge in [-0.2, -0.15) is 0 Å². The lowest BCUT2D eigenvalue weighted by atomic mass is 10.1. The third-order valence-corrected chi connectivity index (χ3v) is 5.20. The van der Waals surface area contributed by atoms with Crippen LogP contribution in [0.2, 0.25) is 0 Å². The topological polar surface area (TPSA) is 75.0 Å². The molecule has 0 atom stereocenters. The second-order valence-corrected chi connectivity index (χ2v) is 7.13. The molecular weight excluding hydrogens is 379 g/mol. The molecule has 0 spiro atoms. The molecule has 2 aliphatic rings. The first kappa shape index (κ1) is 18.6. The predicted molar refractivity (Wildman–Crippen MR) is 94.7 cm³/mol. The number of likely N-dealkylation sites (N-methyl/N-ethyl adjacent to an activating group) is 1. The van der Waals surface area contributed by atoms with Crippen LogP contribution in [-0.2, 0) is 0 Å². The molecule has 0 bridgehead atoms. The van der Waals surface area contributed by atoms with Crippen molar-refractivity contribution in [2.45, 2.75) is 18.9 Å². The van der Waals surface area contributed by atoms with Crippen molar-refractivity contribution in [3.05, 3.63) is 33.9 Å². The first-order chi connectivity index (χ1) is 13.3. The maximum Gasteiger partial charge on any atom is 0.511 e. The van der Waals surface area contributed by atoms with Gasteiger partial charge in [0.15, 0.2) is 23.2 Å². The minimum Gasteiger partial charge on any atom is -0.449 e. The van der Waals surface area contributed by atoms with E-state index in [1.807, 2.05) is 11.9 Å². The monoisotopic (exact) mass is 397 g/mol. The van der Waals surface area contributed by atoms with Crippen LogP contribution in [-0.4, -0.2) is 54.0 Å². The Kier molecular flexibility index (Phi) is 4.45. The number of hydrogen-bond donors (Lipinski definition) is 1. The highest BCUT2D eigenvalue weighted by atomic mass is 19.2. The summed E-state index contributed by atoms with van der Waals surface area (Å²) in [6.07, 6.45) is 0.582. The Hall–Kier alpha value is -2.75. The molecule has 1 aliphatic heterocycles. The summed E-state index contributed by atoms with van der Waals surface area (Å²) >= 11 is 0. The number of hydrogen-bond acceptors (Lipinski definition) is 5. The van der Waals surface area contributed by atoms with Crippen molar-refractivity contribution < 1.29 is 27.8 Å². The van der Waals surface area contributed by atoms with Gasteiger partial charge in [0.25, 0.3) is 0 Å². The van der Waals surface area contributed by atoms with Crippen LogP contribution in [0.1, 0.15) is 18.9 Å². The van der Waals surface area contributed by atoms with E-state index in [0.29, 0.717) is 39.0 Å². The molecule has 1 aromatic heterocycles. The standard InChI is InChI=1S/C18H18F3N3O4/c1-22-4-6-23(7-5-22)16-13(20)12(19)11-15(14(16)21)24(9-2-3-9)8-10(17(11)25)28-18(26)27/h8-9H,2-7H2,1H3,(H,26,27). The van der Waals surface area contributed by atoms with Crippen LogP contribution < -0.4 is 15.1 Å². The highest BCUT2D eigenvalue weighted by Crippen LogP contribution is 2.41. The molecule has 1 N–H and O–H groups in total. The van der Waals surface area contributed by atoms with Crippen LogP contribution in [0.5, 0.6) is 5.75 Å². The second kappa shape index (κ2) is 6.69. The molecule has 0 amide bonds. The van der Waals surface area contributed by atoms with Crippen LogP contribution in [0.15, 0.2) is 11.0 Å². The Morgan fingerprint density at radius 1 is 1.11 bits per heavy atom. The number of carboxylic acid groups (broad SMARTS) is 1. The lowest BCUT2D eigenvalue weighted by Crippen LogP contribution is -2.45. The fourth-order valence-corrected chi connectivity index (χ4v) is 3.57. The molecule has 4 rings (SSSR count). The number of piperazine rings is 1. The highest BCUT2D eigenvalue weighted by molar-refractivity contribution is 5.86. The van der Waals surface area contributed by atoms with Crippen LogP contribution in [0.25, 0.3) is 10.9 Å². The number of ether oxygens (including phenoxy) is 1. The molecule has 2 fully saturated rings. The van der Waals surface area contributed by atoms with Crippen molar-refractivity contribution in [1.82, 2.24) is 9.47 Å². The molecule has 1 aliphatic carbocycles. The molecule has 10 heteroatoms. The molecule has 2 aromatic rings. The van der Waals surface area contributed by atoms with Crippen molar-refractivity contribution in [3.63, 3.8) is 0 Å². The van der Waals surface area contributed by atoms with Gasteiger partial charge in [0.1, 0.15) is 5.69 Å². The van der Waals surface area contributed by atoms with E-state index in [0.717, 1.165) is 6.20 Å². The number of anilines is 1. The van der Waals surface area contributed by atoms with E-state index in [1.165, 1.54) is 9.47 Å². The zero-order valence-corrected chi connectivity index (χ0v) is 15.0. The van der Waals surface area contributed by atoms with Crippen molar-refractivity contribution >= 4 is 22.7 Å². The van der Waals surface area contributed by atoms with Gasteiger partial charge in [-0.05, 0) is 19.9 Å². The molecule has 0 radical (unpaired) electrons. The van der Waals surface area contributed by atoms with Crippen LogP contribution >= 0.6 is 0 Å². The predicted octanol–water partition coefficient (Wildman–Crippen LogP) is 2.56. The van der Waals surface area contributed by atoms with E-state index in [9.17, 15) is 18.4 Å². The summed E-state index contributed by atoms with van der Waals surface area (Å²) in [4.78, 5) is 26.8. The number of halogens is 3. The Morgan fingerprint density at radius 2 is 1.75 bits per heavy atom. The smallest absolute Gasteiger partial charge is 0.449 e. The minimum absolute atomic E-state index is 0.237. The maximum absolute atomic E-state index is 15.4. The van der Waals surface area contributed by atoms with Gasteiger partial charge in [0, 0.05) is 32.2 Å². The fraction of sp³-hybridized carbons (Fsp3) is 0.444. The lowest BCUT2D eigenvalue weighted by molar-refractivity contribution is 0.143. The molecule has 7 nitrogen and oxygen atoms in total. The summed E-state index contributed by atoms with van der Waals surface area (Å²) in [6.45, 7) is 1.73. The Labute approximate surface area is 157 Å². The van der Waals surface area contributed by atoms with E-state index in [1.54, 1.807) is 0 Å². The largest absolute Gasteiger partial charge is 0.511 e. The summed E-state index contributed by atoms with van der Waals surface area (Å²) in [5, 5.41) is 7.97. The first-order valence-corrected chi connectivity index (χ1v) is 8.89. The molecular formula is C18H18F3N3O4. The van der Waals surface area contributed by atoms with Gasteiger partial charge in [0.2, 0.25) is 5.43 Å². The first-order valence-electron chi connectivity index (χ1n) is 8.89. The van der Waals surface area contributed by atoms with Crippen LogP contribution in [0.3, 0.4) is 0 Å². The molecule has 1 aromatic carbocycles. The molecule has 1 saturated carbocycles. The number of rotatable bonds is 3.